The van der Waals surface area contributed by atoms with Crippen LogP contribution in [0.3, 0.4) is 0 Å². The Morgan fingerprint density at radius 2 is 1.66 bits per heavy atom. The summed E-state index contributed by atoms with van der Waals surface area (Å²) in [5.41, 5.74) is 1.77. The molecular weight excluding hydrogens is 432 g/mol. The van der Waals surface area contributed by atoms with Crippen LogP contribution in [0.5, 0.6) is 0 Å². The Kier molecular flexibility index (Phi) is 6.52. The minimum Gasteiger partial charge on any atom is -0.299 e. The van der Waals surface area contributed by atoms with Crippen molar-refractivity contribution in [2.75, 3.05) is 24.6 Å². The third kappa shape index (κ3) is 4.74. The van der Waals surface area contributed by atoms with Crippen LogP contribution in [-0.4, -0.2) is 52.0 Å². The Labute approximate surface area is 178 Å². The monoisotopic (exact) mass is 454 g/mol. The lowest BCUT2D eigenvalue weighted by atomic mass is 10.1. The first-order valence-electron chi connectivity index (χ1n) is 8.99. The van der Waals surface area contributed by atoms with Crippen molar-refractivity contribution in [3.8, 4) is 0 Å². The number of aromatic nitrogens is 1. The molecule has 2 aromatic carbocycles. The lowest BCUT2D eigenvalue weighted by Gasteiger charge is -2.41. The topological polar surface area (TPSA) is 90.7 Å². The number of benzene rings is 2. The van der Waals surface area contributed by atoms with Gasteiger partial charge in [-0.2, -0.15) is 10.6 Å². The summed E-state index contributed by atoms with van der Waals surface area (Å²) in [5.74, 6) is 0.787. The summed E-state index contributed by atoms with van der Waals surface area (Å²) < 4.78 is 45.2. The maximum absolute atomic E-state index is 12.8. The van der Waals surface area contributed by atoms with Crippen LogP contribution in [0.25, 0.3) is 10.9 Å². The first-order valence-corrected chi connectivity index (χ1v) is 12.4. The highest BCUT2D eigenvalue weighted by molar-refractivity contribution is 8.24. The standard InChI is InChI=1S/C20H22N2O4S2.ClH/c23-27(24)11-9-22(10-12-27)15-17-6-4-5-16-13-19(14-21-20(16)17)28(25,26)18-7-2-1-3-8-18;/h1-8,13-14,23-24H,9-12,15H2;1H. The first-order chi connectivity index (χ1) is 13.4. The third-order valence-corrected chi connectivity index (χ3v) is 8.41. The molecule has 0 amide bonds. The zero-order chi connectivity index (χ0) is 19.8. The van der Waals surface area contributed by atoms with Crippen molar-refractivity contribution in [3.05, 3.63) is 66.4 Å². The predicted molar refractivity (Wildman–Crippen MR) is 119 cm³/mol. The van der Waals surface area contributed by atoms with Gasteiger partial charge in [0.2, 0.25) is 9.84 Å². The van der Waals surface area contributed by atoms with Crippen molar-refractivity contribution in [2.24, 2.45) is 0 Å². The summed E-state index contributed by atoms with van der Waals surface area (Å²) in [7, 11) is -6.03. The normalized spacial score (nSPS) is 18.1. The maximum atomic E-state index is 12.8. The Morgan fingerprint density at radius 3 is 2.34 bits per heavy atom. The van der Waals surface area contributed by atoms with Gasteiger partial charge in [0.25, 0.3) is 0 Å². The summed E-state index contributed by atoms with van der Waals surface area (Å²) in [5, 5.41) is 0.774. The van der Waals surface area contributed by atoms with Crippen LogP contribution in [0.15, 0.2) is 70.6 Å². The van der Waals surface area contributed by atoms with Gasteiger partial charge in [-0.1, -0.05) is 36.4 Å². The highest BCUT2D eigenvalue weighted by Gasteiger charge is 2.23. The third-order valence-electron chi connectivity index (χ3n) is 5.00. The van der Waals surface area contributed by atoms with Crippen LogP contribution in [-0.2, 0) is 16.4 Å². The van der Waals surface area contributed by atoms with Gasteiger partial charge in [0.05, 0.1) is 26.8 Å². The van der Waals surface area contributed by atoms with E-state index < -0.39 is 20.4 Å². The molecule has 9 heteroatoms. The molecule has 0 saturated carbocycles. The predicted octanol–water partition coefficient (Wildman–Crippen LogP) is 4.06. The Bertz CT molecular complexity index is 1100. The van der Waals surface area contributed by atoms with Crippen LogP contribution in [0.2, 0.25) is 0 Å². The van der Waals surface area contributed by atoms with Gasteiger partial charge in [0.1, 0.15) is 0 Å². The van der Waals surface area contributed by atoms with E-state index in [1.54, 1.807) is 36.4 Å². The summed E-state index contributed by atoms with van der Waals surface area (Å²) in [4.78, 5) is 7.06. The molecule has 3 aromatic rings. The van der Waals surface area contributed by atoms with Gasteiger partial charge in [0, 0.05) is 31.2 Å². The van der Waals surface area contributed by atoms with E-state index in [0.717, 1.165) is 16.5 Å². The van der Waals surface area contributed by atoms with Gasteiger partial charge in [-0.15, -0.1) is 12.4 Å². The molecule has 1 aliphatic heterocycles. The summed E-state index contributed by atoms with van der Waals surface area (Å²) >= 11 is 0. The molecule has 6 nitrogen and oxygen atoms in total. The molecule has 0 aliphatic carbocycles. The molecule has 29 heavy (non-hydrogen) atoms. The van der Waals surface area contributed by atoms with E-state index in [1.165, 1.54) is 6.20 Å². The summed E-state index contributed by atoms with van der Waals surface area (Å²) in [6.07, 6.45) is 1.42. The van der Waals surface area contributed by atoms with Crippen molar-refractivity contribution in [1.29, 1.82) is 0 Å². The van der Waals surface area contributed by atoms with E-state index in [9.17, 15) is 17.5 Å². The van der Waals surface area contributed by atoms with Gasteiger partial charge in [-0.05, 0) is 23.8 Å². The largest absolute Gasteiger partial charge is 0.299 e. The molecule has 156 valence electrons. The molecule has 2 N–H and O–H groups in total. The van der Waals surface area contributed by atoms with Gasteiger partial charge in [0.15, 0.2) is 0 Å². The number of sulfone groups is 1. The second-order valence-electron chi connectivity index (χ2n) is 6.96. The van der Waals surface area contributed by atoms with Crippen LogP contribution in [0.4, 0.5) is 0 Å². The Balaban J connectivity index is 0.00000240. The fraction of sp³-hybridized carbons (Fsp3) is 0.250. The minimum atomic E-state index is -3.61. The number of nitrogens with zero attached hydrogens (tertiary/aromatic N) is 2. The second-order valence-corrected chi connectivity index (χ2v) is 11.3. The van der Waals surface area contributed by atoms with Crippen LogP contribution in [0, 0.1) is 0 Å². The molecule has 0 radical (unpaired) electrons. The number of para-hydroxylation sites is 1. The van der Waals surface area contributed by atoms with Gasteiger partial charge >= 0.3 is 0 Å². The Morgan fingerprint density at radius 1 is 0.966 bits per heavy atom. The smallest absolute Gasteiger partial charge is 0.208 e. The Hall–Kier alpha value is -1.68. The van der Waals surface area contributed by atoms with Gasteiger partial charge in [-0.25, -0.2) is 8.42 Å². The van der Waals surface area contributed by atoms with Crippen LogP contribution >= 0.6 is 23.0 Å². The fourth-order valence-corrected chi connectivity index (χ4v) is 5.94. The number of pyridine rings is 1. The molecule has 1 aromatic heterocycles. The van der Waals surface area contributed by atoms with E-state index in [1.807, 2.05) is 18.2 Å². The minimum absolute atomic E-state index is 0. The lowest BCUT2D eigenvalue weighted by molar-refractivity contribution is 0.279. The van der Waals surface area contributed by atoms with E-state index in [0.29, 0.717) is 31.1 Å². The zero-order valence-corrected chi connectivity index (χ0v) is 18.1. The average Bonchev–Trinajstić information content (AvgIpc) is 2.70. The molecule has 4 rings (SSSR count). The van der Waals surface area contributed by atoms with E-state index in [2.05, 4.69) is 9.88 Å². The quantitative estimate of drug-likeness (QED) is 0.617. The second kappa shape index (κ2) is 8.59. The van der Waals surface area contributed by atoms with Crippen molar-refractivity contribution in [3.63, 3.8) is 0 Å². The van der Waals surface area contributed by atoms with Crippen LogP contribution < -0.4 is 0 Å². The highest BCUT2D eigenvalue weighted by atomic mass is 35.5. The van der Waals surface area contributed by atoms with Crippen molar-refractivity contribution in [2.45, 2.75) is 16.3 Å². The van der Waals surface area contributed by atoms with E-state index >= 15 is 0 Å². The van der Waals surface area contributed by atoms with Crippen LogP contribution in [0.1, 0.15) is 5.56 Å². The highest BCUT2D eigenvalue weighted by Crippen LogP contribution is 2.40. The lowest BCUT2D eigenvalue weighted by Crippen LogP contribution is -2.37. The average molecular weight is 455 g/mol. The molecule has 1 fully saturated rings. The van der Waals surface area contributed by atoms with Gasteiger partial charge in [-0.3, -0.25) is 19.0 Å². The summed E-state index contributed by atoms with van der Waals surface area (Å²) in [6, 6.07) is 15.8. The number of fused-ring (bicyclic) bond motifs is 1. The molecule has 2 heterocycles. The molecule has 0 bridgehead atoms. The van der Waals surface area contributed by atoms with Gasteiger partial charge < -0.3 is 0 Å². The number of rotatable bonds is 4. The number of halogens is 1. The number of hydrogen-bond donors (Lipinski definition) is 2. The fourth-order valence-electron chi connectivity index (χ4n) is 3.38. The molecular formula is C20H23ClN2O4S2. The first kappa shape index (κ1) is 22.0. The molecule has 1 aliphatic rings. The number of hydrogen-bond acceptors (Lipinski definition) is 6. The summed E-state index contributed by atoms with van der Waals surface area (Å²) in [6.45, 7) is 1.89. The van der Waals surface area contributed by atoms with Crippen molar-refractivity contribution >= 4 is 43.7 Å². The maximum Gasteiger partial charge on any atom is 0.208 e. The zero-order valence-electron chi connectivity index (χ0n) is 15.6. The molecule has 0 unspecified atom stereocenters. The molecule has 0 spiro atoms. The SMILES string of the molecule is Cl.O=S(=O)(c1ccccc1)c1cnc2c(CN3CCS(O)(O)CC3)cccc2c1. The van der Waals surface area contributed by atoms with Crippen molar-refractivity contribution in [1.82, 2.24) is 9.88 Å². The van der Waals surface area contributed by atoms with E-state index in [4.69, 9.17) is 0 Å². The van der Waals surface area contributed by atoms with E-state index in [-0.39, 0.29) is 22.2 Å². The molecule has 0 atom stereocenters. The molecule has 1 saturated heterocycles. The van der Waals surface area contributed by atoms with Crippen molar-refractivity contribution < 1.29 is 17.5 Å².